The summed E-state index contributed by atoms with van der Waals surface area (Å²) in [6.45, 7) is 6.64. The Kier molecular flexibility index (Phi) is 9.42. The molecule has 3 aromatic rings. The van der Waals surface area contributed by atoms with Crippen LogP contribution in [0.5, 0.6) is 0 Å². The molecule has 3 rings (SSSR count). The zero-order valence-electron chi connectivity index (χ0n) is 20.0. The van der Waals surface area contributed by atoms with Crippen molar-refractivity contribution in [3.8, 4) is 0 Å². The zero-order valence-corrected chi connectivity index (χ0v) is 20.9. The summed E-state index contributed by atoms with van der Waals surface area (Å²) in [7, 11) is -3.23. The maximum atomic E-state index is 12.5. The second-order valence-corrected chi connectivity index (χ2v) is 10.8. The van der Waals surface area contributed by atoms with E-state index in [1.165, 1.54) is 11.1 Å². The van der Waals surface area contributed by atoms with E-state index in [0.29, 0.717) is 0 Å². The molecule has 1 N–H and O–H groups in total. The molecule has 0 aliphatic carbocycles. The molecule has 0 unspecified atom stereocenters. The predicted molar refractivity (Wildman–Crippen MR) is 138 cm³/mol. The smallest absolute Gasteiger partial charge is 0.228 e. The number of amides is 1. The second-order valence-electron chi connectivity index (χ2n) is 8.52. The van der Waals surface area contributed by atoms with E-state index in [1.807, 2.05) is 18.2 Å². The molecule has 3 aromatic carbocycles. The van der Waals surface area contributed by atoms with Crippen LogP contribution < -0.4 is 5.32 Å². The van der Waals surface area contributed by atoms with Crippen LogP contribution in [0.2, 0.25) is 0 Å². The number of anilines is 1. The van der Waals surface area contributed by atoms with E-state index in [9.17, 15) is 13.2 Å². The highest BCUT2D eigenvalue weighted by Gasteiger charge is 2.12. The van der Waals surface area contributed by atoms with Crippen molar-refractivity contribution >= 4 is 21.4 Å². The highest BCUT2D eigenvalue weighted by Crippen LogP contribution is 2.16. The van der Waals surface area contributed by atoms with Crippen molar-refractivity contribution in [3.63, 3.8) is 0 Å². The number of sulfone groups is 1. The highest BCUT2D eigenvalue weighted by atomic mass is 32.2. The number of unbranched alkanes of at least 4 members (excludes halogenated alkanes) is 1. The molecule has 0 fully saturated rings. The van der Waals surface area contributed by atoms with Gasteiger partial charge in [0.1, 0.15) is 0 Å². The van der Waals surface area contributed by atoms with E-state index >= 15 is 0 Å². The van der Waals surface area contributed by atoms with Gasteiger partial charge in [0.15, 0.2) is 9.84 Å². The van der Waals surface area contributed by atoms with Gasteiger partial charge >= 0.3 is 0 Å². The van der Waals surface area contributed by atoms with Crippen molar-refractivity contribution in [1.82, 2.24) is 4.90 Å². The first-order chi connectivity index (χ1) is 16.4. The Morgan fingerprint density at radius 1 is 0.794 bits per heavy atom. The molecule has 6 heteroatoms. The third-order valence-electron chi connectivity index (χ3n) is 5.75. The van der Waals surface area contributed by atoms with Gasteiger partial charge in [-0.15, -0.1) is 0 Å². The maximum Gasteiger partial charge on any atom is 0.228 e. The average Bonchev–Trinajstić information content (AvgIpc) is 2.84. The van der Waals surface area contributed by atoms with E-state index in [2.05, 4.69) is 53.5 Å². The van der Waals surface area contributed by atoms with Crippen molar-refractivity contribution in [1.29, 1.82) is 0 Å². The van der Waals surface area contributed by atoms with Gasteiger partial charge in [-0.1, -0.05) is 74.9 Å². The topological polar surface area (TPSA) is 66.5 Å². The summed E-state index contributed by atoms with van der Waals surface area (Å²) in [6.07, 6.45) is 2.51. The van der Waals surface area contributed by atoms with Crippen molar-refractivity contribution in [2.24, 2.45) is 0 Å². The highest BCUT2D eigenvalue weighted by molar-refractivity contribution is 7.91. The van der Waals surface area contributed by atoms with Crippen molar-refractivity contribution in [2.45, 2.75) is 51.1 Å². The third-order valence-corrected chi connectivity index (χ3v) is 7.50. The van der Waals surface area contributed by atoms with Crippen LogP contribution in [0.4, 0.5) is 5.69 Å². The van der Waals surface area contributed by atoms with Crippen LogP contribution in [0.3, 0.4) is 0 Å². The van der Waals surface area contributed by atoms with Crippen molar-refractivity contribution in [2.75, 3.05) is 17.6 Å². The molecule has 5 nitrogen and oxygen atoms in total. The maximum absolute atomic E-state index is 12.5. The summed E-state index contributed by atoms with van der Waals surface area (Å²) >= 11 is 0. The molecule has 0 aliphatic rings. The van der Waals surface area contributed by atoms with Gasteiger partial charge in [-0.2, -0.15) is 0 Å². The Morgan fingerprint density at radius 3 is 1.97 bits per heavy atom. The lowest BCUT2D eigenvalue weighted by Crippen LogP contribution is -2.24. The summed E-state index contributed by atoms with van der Waals surface area (Å²) in [5.41, 5.74) is 4.04. The Bertz CT molecular complexity index is 1140. The van der Waals surface area contributed by atoms with Crippen LogP contribution in [0, 0.1) is 0 Å². The molecule has 0 aromatic heterocycles. The fourth-order valence-electron chi connectivity index (χ4n) is 3.76. The standard InChI is InChI=1S/C28H34N2O3S/c1-3-5-19-30(21-24-9-7-6-8-10-24)22-25-11-15-26(16-12-25)29-28(31)20-23-13-17-27(18-14-23)34(32,33)4-2/h6-18H,3-5,19-22H2,1-2H3,(H,29,31). The fourth-order valence-corrected chi connectivity index (χ4v) is 4.65. The van der Waals surface area contributed by atoms with Crippen LogP contribution >= 0.6 is 0 Å². The summed E-state index contributed by atoms with van der Waals surface area (Å²) in [5.74, 6) is -0.0710. The molecule has 0 atom stereocenters. The normalized spacial score (nSPS) is 11.5. The van der Waals surface area contributed by atoms with Gasteiger partial charge in [-0.25, -0.2) is 8.42 Å². The van der Waals surface area contributed by atoms with Crippen LogP contribution in [-0.2, 0) is 34.1 Å². The molecule has 0 saturated heterocycles. The van der Waals surface area contributed by atoms with Gasteiger partial charge in [0, 0.05) is 18.8 Å². The molecule has 0 heterocycles. The van der Waals surface area contributed by atoms with E-state index < -0.39 is 9.84 Å². The lowest BCUT2D eigenvalue weighted by Gasteiger charge is -2.22. The minimum atomic E-state index is -3.23. The number of nitrogens with one attached hydrogen (secondary N) is 1. The van der Waals surface area contributed by atoms with E-state index in [1.54, 1.807) is 31.2 Å². The predicted octanol–water partition coefficient (Wildman–Crippen LogP) is 5.46. The SMILES string of the molecule is CCCCN(Cc1ccccc1)Cc1ccc(NC(=O)Cc2ccc(S(=O)(=O)CC)cc2)cc1. The number of hydrogen-bond donors (Lipinski definition) is 1. The minimum absolute atomic E-state index is 0.0610. The first-order valence-electron chi connectivity index (χ1n) is 11.9. The first kappa shape index (κ1) is 25.7. The van der Waals surface area contributed by atoms with Crippen LogP contribution in [-0.4, -0.2) is 31.5 Å². The molecule has 0 spiro atoms. The number of benzene rings is 3. The molecule has 0 aliphatic heterocycles. The number of carbonyl (C=O) groups excluding carboxylic acids is 1. The van der Waals surface area contributed by atoms with Crippen LogP contribution in [0.1, 0.15) is 43.4 Å². The number of rotatable bonds is 12. The van der Waals surface area contributed by atoms with Gasteiger partial charge in [-0.3, -0.25) is 9.69 Å². The molecular weight excluding hydrogens is 444 g/mol. The number of nitrogens with zero attached hydrogens (tertiary/aromatic N) is 1. The monoisotopic (exact) mass is 478 g/mol. The Morgan fingerprint density at radius 2 is 1.38 bits per heavy atom. The van der Waals surface area contributed by atoms with E-state index in [0.717, 1.165) is 43.7 Å². The molecule has 0 bridgehead atoms. The minimum Gasteiger partial charge on any atom is -0.326 e. The van der Waals surface area contributed by atoms with Gasteiger partial charge in [0.2, 0.25) is 5.91 Å². The molecule has 180 valence electrons. The Hall–Kier alpha value is -2.96. The lowest BCUT2D eigenvalue weighted by atomic mass is 10.1. The average molecular weight is 479 g/mol. The van der Waals surface area contributed by atoms with E-state index in [4.69, 9.17) is 0 Å². The number of carbonyl (C=O) groups is 1. The van der Waals surface area contributed by atoms with Gasteiger partial charge in [-0.05, 0) is 53.9 Å². The van der Waals surface area contributed by atoms with Gasteiger partial charge in [0.05, 0.1) is 17.1 Å². The van der Waals surface area contributed by atoms with Gasteiger partial charge < -0.3 is 5.32 Å². The fraction of sp³-hybridized carbons (Fsp3) is 0.321. The van der Waals surface area contributed by atoms with Crippen molar-refractivity contribution in [3.05, 3.63) is 95.6 Å². The molecule has 0 radical (unpaired) electrons. The third kappa shape index (κ3) is 7.82. The molecule has 34 heavy (non-hydrogen) atoms. The van der Waals surface area contributed by atoms with Crippen LogP contribution in [0.15, 0.2) is 83.8 Å². The molecular formula is C28H34N2O3S. The molecule has 0 saturated carbocycles. The zero-order chi connectivity index (χ0) is 24.4. The Balaban J connectivity index is 1.56. The Labute approximate surface area is 203 Å². The molecule has 1 amide bonds. The van der Waals surface area contributed by atoms with Gasteiger partial charge in [0.25, 0.3) is 0 Å². The first-order valence-corrected chi connectivity index (χ1v) is 13.5. The summed E-state index contributed by atoms with van der Waals surface area (Å²) in [6, 6.07) is 25.0. The quantitative estimate of drug-likeness (QED) is 0.375. The number of hydrogen-bond acceptors (Lipinski definition) is 4. The van der Waals surface area contributed by atoms with Crippen LogP contribution in [0.25, 0.3) is 0 Å². The second kappa shape index (κ2) is 12.5. The summed E-state index contributed by atoms with van der Waals surface area (Å²) in [4.78, 5) is 15.2. The largest absolute Gasteiger partial charge is 0.326 e. The lowest BCUT2D eigenvalue weighted by molar-refractivity contribution is -0.115. The summed E-state index contributed by atoms with van der Waals surface area (Å²) < 4.78 is 23.9. The van der Waals surface area contributed by atoms with Crippen molar-refractivity contribution < 1.29 is 13.2 Å². The van der Waals surface area contributed by atoms with E-state index in [-0.39, 0.29) is 23.0 Å². The summed E-state index contributed by atoms with van der Waals surface area (Å²) in [5, 5.41) is 2.93.